The Morgan fingerprint density at radius 3 is 1.92 bits per heavy atom. The Morgan fingerprint density at radius 2 is 1.06 bits per heavy atom. The van der Waals surface area contributed by atoms with Crippen LogP contribution in [0.15, 0.2) is 174 Å². The molecule has 5 heteroatoms. The van der Waals surface area contributed by atoms with Gasteiger partial charge >= 0.3 is 0 Å². The lowest BCUT2D eigenvalue weighted by Gasteiger charge is -2.13. The zero-order valence-electron chi connectivity index (χ0n) is 27.9. The van der Waals surface area contributed by atoms with Gasteiger partial charge in [-0.05, 0) is 41.1 Å². The average Bonchev–Trinajstić information content (AvgIpc) is 3.77. The van der Waals surface area contributed by atoms with E-state index < -0.39 is 0 Å². The highest BCUT2D eigenvalue weighted by atomic mass is 16.3. The van der Waals surface area contributed by atoms with Gasteiger partial charge in [0.25, 0.3) is 0 Å². The van der Waals surface area contributed by atoms with Crippen molar-refractivity contribution in [3.63, 3.8) is 0 Å². The third kappa shape index (κ3) is 4.33. The van der Waals surface area contributed by atoms with E-state index in [-0.39, 0.29) is 0 Å². The molecule has 0 N–H and O–H groups in total. The second-order valence-corrected chi connectivity index (χ2v) is 13.2. The van der Waals surface area contributed by atoms with E-state index in [1.54, 1.807) is 0 Å². The van der Waals surface area contributed by atoms with Gasteiger partial charge in [-0.1, -0.05) is 140 Å². The van der Waals surface area contributed by atoms with Crippen molar-refractivity contribution in [3.05, 3.63) is 170 Å². The normalized spacial score (nSPS) is 11.8. The molecular weight excluding hydrogens is 637 g/mol. The molecule has 11 aromatic rings. The Labute approximate surface area is 298 Å². The van der Waals surface area contributed by atoms with E-state index in [4.69, 9.17) is 19.4 Å². The molecule has 0 fully saturated rings. The first-order valence-corrected chi connectivity index (χ1v) is 17.5. The highest BCUT2D eigenvalue weighted by Crippen LogP contribution is 2.40. The summed E-state index contributed by atoms with van der Waals surface area (Å²) in [5, 5.41) is 9.01. The number of aromatic nitrogens is 4. The number of benzene rings is 8. The van der Waals surface area contributed by atoms with Crippen LogP contribution in [0.2, 0.25) is 0 Å². The largest absolute Gasteiger partial charge is 0.455 e. The van der Waals surface area contributed by atoms with Crippen LogP contribution in [-0.4, -0.2) is 19.5 Å². The number of fused-ring (bicyclic) bond motifs is 10. The molecule has 0 saturated heterocycles. The second kappa shape index (κ2) is 11.2. The van der Waals surface area contributed by atoms with Crippen LogP contribution in [0.1, 0.15) is 0 Å². The zero-order valence-corrected chi connectivity index (χ0v) is 27.9. The third-order valence-electron chi connectivity index (χ3n) is 10.2. The molecule has 3 heterocycles. The molecule has 0 saturated carbocycles. The summed E-state index contributed by atoms with van der Waals surface area (Å²) >= 11 is 0. The summed E-state index contributed by atoms with van der Waals surface area (Å²) < 4.78 is 8.80. The van der Waals surface area contributed by atoms with Crippen molar-refractivity contribution in [1.29, 1.82) is 0 Å². The Bertz CT molecular complexity index is 3190. The van der Waals surface area contributed by atoms with Crippen LogP contribution in [0.4, 0.5) is 0 Å². The van der Waals surface area contributed by atoms with Gasteiger partial charge in [-0.3, -0.25) is 0 Å². The van der Waals surface area contributed by atoms with Crippen molar-refractivity contribution in [2.24, 2.45) is 0 Å². The maximum absolute atomic E-state index is 6.42. The lowest BCUT2D eigenvalue weighted by atomic mass is 9.99. The molecule has 0 amide bonds. The van der Waals surface area contributed by atoms with Crippen molar-refractivity contribution < 1.29 is 4.42 Å². The fraction of sp³-hybridized carbons (Fsp3) is 0. The lowest BCUT2D eigenvalue weighted by molar-refractivity contribution is 0.672. The summed E-state index contributed by atoms with van der Waals surface area (Å²) in [6.45, 7) is 0. The second-order valence-electron chi connectivity index (χ2n) is 13.2. The molecule has 3 aromatic heterocycles. The Balaban J connectivity index is 1.17. The Kier molecular flexibility index (Phi) is 6.18. The number of hydrogen-bond acceptors (Lipinski definition) is 4. The Hall–Kier alpha value is -7.11. The van der Waals surface area contributed by atoms with Crippen LogP contribution < -0.4 is 0 Å². The molecule has 52 heavy (non-hydrogen) atoms. The van der Waals surface area contributed by atoms with E-state index in [1.807, 2.05) is 48.5 Å². The molecular formula is C47H28N4O. The third-order valence-corrected chi connectivity index (χ3v) is 10.2. The first-order valence-electron chi connectivity index (χ1n) is 17.5. The van der Waals surface area contributed by atoms with Crippen LogP contribution in [0.3, 0.4) is 0 Å². The van der Waals surface area contributed by atoms with Crippen molar-refractivity contribution in [2.75, 3.05) is 0 Å². The molecule has 0 unspecified atom stereocenters. The van der Waals surface area contributed by atoms with Crippen LogP contribution >= 0.6 is 0 Å². The fourth-order valence-electron chi connectivity index (χ4n) is 7.86. The van der Waals surface area contributed by atoms with Gasteiger partial charge in [0, 0.05) is 54.7 Å². The van der Waals surface area contributed by atoms with Crippen LogP contribution in [0.5, 0.6) is 0 Å². The molecule has 0 bridgehead atoms. The molecule has 8 aromatic carbocycles. The smallest absolute Gasteiger partial charge is 0.164 e. The van der Waals surface area contributed by atoms with E-state index in [1.165, 1.54) is 27.1 Å². The predicted octanol–water partition coefficient (Wildman–Crippen LogP) is 12.2. The predicted molar refractivity (Wildman–Crippen MR) is 213 cm³/mol. The number of hydrogen-bond donors (Lipinski definition) is 0. The van der Waals surface area contributed by atoms with Gasteiger partial charge in [0.15, 0.2) is 17.5 Å². The molecule has 0 aliphatic heterocycles. The summed E-state index contributed by atoms with van der Waals surface area (Å²) in [6, 6.07) is 59.1. The van der Waals surface area contributed by atoms with Gasteiger partial charge in [0.05, 0.1) is 11.0 Å². The maximum atomic E-state index is 6.42. The lowest BCUT2D eigenvalue weighted by Crippen LogP contribution is -2.01. The number of rotatable bonds is 4. The minimum Gasteiger partial charge on any atom is -0.455 e. The molecule has 0 aliphatic rings. The van der Waals surface area contributed by atoms with E-state index in [0.29, 0.717) is 17.5 Å². The van der Waals surface area contributed by atoms with Crippen LogP contribution in [0, 0.1) is 0 Å². The van der Waals surface area contributed by atoms with Crippen molar-refractivity contribution in [2.45, 2.75) is 0 Å². The molecule has 0 aliphatic carbocycles. The molecule has 0 radical (unpaired) electrons. The van der Waals surface area contributed by atoms with Gasteiger partial charge in [-0.15, -0.1) is 0 Å². The maximum Gasteiger partial charge on any atom is 0.164 e. The molecule has 5 nitrogen and oxygen atoms in total. The Morgan fingerprint density at radius 1 is 0.404 bits per heavy atom. The molecule has 242 valence electrons. The molecule has 0 atom stereocenters. The van der Waals surface area contributed by atoms with E-state index >= 15 is 0 Å². The summed E-state index contributed by atoms with van der Waals surface area (Å²) in [5.41, 5.74) is 7.87. The van der Waals surface area contributed by atoms with E-state index in [9.17, 15) is 0 Å². The summed E-state index contributed by atoms with van der Waals surface area (Å²) in [6.07, 6.45) is 0. The molecule has 0 spiro atoms. The summed E-state index contributed by atoms with van der Waals surface area (Å²) in [7, 11) is 0. The van der Waals surface area contributed by atoms with Crippen molar-refractivity contribution >= 4 is 65.3 Å². The minimum absolute atomic E-state index is 0.609. The van der Waals surface area contributed by atoms with Crippen LogP contribution in [-0.2, 0) is 0 Å². The van der Waals surface area contributed by atoms with Gasteiger partial charge in [0.2, 0.25) is 0 Å². The van der Waals surface area contributed by atoms with Gasteiger partial charge < -0.3 is 8.98 Å². The number of nitrogens with zero attached hydrogens (tertiary/aromatic N) is 4. The van der Waals surface area contributed by atoms with E-state index in [0.717, 1.165) is 60.6 Å². The summed E-state index contributed by atoms with van der Waals surface area (Å²) in [5.74, 6) is 1.84. The number of furan rings is 1. The van der Waals surface area contributed by atoms with Gasteiger partial charge in [-0.25, -0.2) is 15.0 Å². The quantitative estimate of drug-likeness (QED) is 0.188. The SMILES string of the molecule is c1ccc(-c2nc(-c3cccc(-n4c5ccccc5c5ccc6ccccc6c54)c3)nc(-c3cc4c5ccccc5oc4c4ccccc34)n2)cc1. The summed E-state index contributed by atoms with van der Waals surface area (Å²) in [4.78, 5) is 15.5. The van der Waals surface area contributed by atoms with E-state index in [2.05, 4.69) is 126 Å². The highest BCUT2D eigenvalue weighted by molar-refractivity contribution is 6.20. The average molecular weight is 665 g/mol. The van der Waals surface area contributed by atoms with Crippen molar-refractivity contribution in [1.82, 2.24) is 19.5 Å². The molecule has 11 rings (SSSR count). The first kappa shape index (κ1) is 28.7. The first-order chi connectivity index (χ1) is 25.8. The van der Waals surface area contributed by atoms with Crippen LogP contribution in [0.25, 0.3) is 105 Å². The highest BCUT2D eigenvalue weighted by Gasteiger charge is 2.20. The zero-order chi connectivity index (χ0) is 34.2. The van der Waals surface area contributed by atoms with Crippen molar-refractivity contribution in [3.8, 4) is 39.9 Å². The standard InChI is InChI=1S/C47H28N4O/c1-2-14-30(15-3-1)45-48-46(50-47(49-45)40-28-39-36-21-9-11-24-42(36)52-44(39)38-22-7-6-19-34(38)40)31-16-12-17-32(27-31)51-41-23-10-8-20-35(41)37-26-25-29-13-4-5-18-33(29)43(37)51/h1-28H. The fourth-order valence-corrected chi connectivity index (χ4v) is 7.86. The minimum atomic E-state index is 0.609. The topological polar surface area (TPSA) is 56.7 Å². The van der Waals surface area contributed by atoms with Gasteiger partial charge in [-0.2, -0.15) is 0 Å². The van der Waals surface area contributed by atoms with Gasteiger partial charge in [0.1, 0.15) is 11.2 Å². The number of para-hydroxylation sites is 2. The monoisotopic (exact) mass is 664 g/mol.